The van der Waals surface area contributed by atoms with Crippen LogP contribution in [-0.4, -0.2) is 9.55 Å². The first-order chi connectivity index (χ1) is 10.2. The van der Waals surface area contributed by atoms with Crippen molar-refractivity contribution in [2.24, 2.45) is 0 Å². The van der Waals surface area contributed by atoms with Crippen molar-refractivity contribution in [2.45, 2.75) is 13.3 Å². The number of aromatic nitrogens is 2. The monoisotopic (exact) mass is 314 g/mol. The minimum atomic E-state index is 0.673. The van der Waals surface area contributed by atoms with E-state index >= 15 is 0 Å². The Hall–Kier alpha value is -1.84. The molecule has 21 heavy (non-hydrogen) atoms. The second-order valence-corrected chi connectivity index (χ2v) is 5.69. The van der Waals surface area contributed by atoms with E-state index < -0.39 is 0 Å². The molecule has 1 aromatic heterocycles. The highest BCUT2D eigenvalue weighted by Gasteiger charge is 2.05. The van der Waals surface area contributed by atoms with E-state index in [-0.39, 0.29) is 0 Å². The Labute approximate surface area is 134 Å². The van der Waals surface area contributed by atoms with Crippen molar-refractivity contribution in [1.29, 1.82) is 0 Å². The molecule has 1 heterocycles. The fourth-order valence-electron chi connectivity index (χ4n) is 2.26. The number of aryl methyl sites for hydroxylation is 1. The van der Waals surface area contributed by atoms with Crippen LogP contribution in [0.3, 0.4) is 0 Å². The van der Waals surface area contributed by atoms with Gasteiger partial charge in [-0.1, -0.05) is 42.8 Å². The number of aromatic amines is 1. The van der Waals surface area contributed by atoms with E-state index in [4.69, 9.17) is 23.8 Å². The summed E-state index contributed by atoms with van der Waals surface area (Å²) in [5.74, 6) is 0. The lowest BCUT2D eigenvalue weighted by molar-refractivity contribution is 1.03. The maximum absolute atomic E-state index is 5.93. The van der Waals surface area contributed by atoms with E-state index in [0.717, 1.165) is 28.4 Å². The zero-order valence-electron chi connectivity index (χ0n) is 11.6. The molecule has 0 aliphatic heterocycles. The lowest BCUT2D eigenvalue weighted by atomic mass is 10.1. The van der Waals surface area contributed by atoms with Gasteiger partial charge in [0.2, 0.25) is 0 Å². The molecule has 0 aliphatic rings. The van der Waals surface area contributed by atoms with Gasteiger partial charge in [-0.2, -0.15) is 0 Å². The molecule has 3 rings (SSSR count). The number of benzene rings is 2. The van der Waals surface area contributed by atoms with Gasteiger partial charge in [-0.05, 0) is 54.0 Å². The smallest absolute Gasteiger partial charge is 0.182 e. The van der Waals surface area contributed by atoms with E-state index in [2.05, 4.69) is 36.2 Å². The van der Waals surface area contributed by atoms with Gasteiger partial charge in [0, 0.05) is 16.9 Å². The van der Waals surface area contributed by atoms with Crippen LogP contribution in [0, 0.1) is 4.77 Å². The van der Waals surface area contributed by atoms with E-state index in [0.29, 0.717) is 4.77 Å². The van der Waals surface area contributed by atoms with Crippen LogP contribution in [0.25, 0.3) is 16.9 Å². The number of rotatable bonds is 3. The number of H-pyrrole nitrogens is 1. The van der Waals surface area contributed by atoms with Gasteiger partial charge < -0.3 is 4.98 Å². The summed E-state index contributed by atoms with van der Waals surface area (Å²) in [5.41, 5.74) is 4.47. The first-order valence-corrected chi connectivity index (χ1v) is 7.63. The van der Waals surface area contributed by atoms with Gasteiger partial charge in [0.05, 0.1) is 5.69 Å². The van der Waals surface area contributed by atoms with Crippen LogP contribution < -0.4 is 0 Å². The van der Waals surface area contributed by atoms with Gasteiger partial charge in [-0.25, -0.2) is 0 Å². The highest BCUT2D eigenvalue weighted by Crippen LogP contribution is 2.21. The van der Waals surface area contributed by atoms with Crippen molar-refractivity contribution in [1.82, 2.24) is 9.55 Å². The van der Waals surface area contributed by atoms with Crippen LogP contribution in [0.4, 0.5) is 0 Å². The number of halogens is 1. The molecule has 0 aliphatic carbocycles. The van der Waals surface area contributed by atoms with Gasteiger partial charge in [-0.3, -0.25) is 4.57 Å². The summed E-state index contributed by atoms with van der Waals surface area (Å²) in [4.78, 5) is 3.26. The van der Waals surface area contributed by atoms with Crippen LogP contribution in [0.2, 0.25) is 5.02 Å². The fraction of sp³-hybridized carbons (Fsp3) is 0.118. The maximum Gasteiger partial charge on any atom is 0.182 e. The zero-order valence-corrected chi connectivity index (χ0v) is 13.2. The van der Waals surface area contributed by atoms with Crippen molar-refractivity contribution in [2.75, 3.05) is 0 Å². The zero-order chi connectivity index (χ0) is 14.8. The van der Waals surface area contributed by atoms with E-state index in [1.54, 1.807) is 0 Å². The van der Waals surface area contributed by atoms with Crippen molar-refractivity contribution < 1.29 is 0 Å². The van der Waals surface area contributed by atoms with Gasteiger partial charge >= 0.3 is 0 Å². The third kappa shape index (κ3) is 2.94. The predicted molar refractivity (Wildman–Crippen MR) is 90.8 cm³/mol. The summed E-state index contributed by atoms with van der Waals surface area (Å²) >= 11 is 11.3. The fourth-order valence-corrected chi connectivity index (χ4v) is 2.65. The molecule has 0 amide bonds. The normalized spacial score (nSPS) is 10.8. The van der Waals surface area contributed by atoms with Crippen molar-refractivity contribution in [3.63, 3.8) is 0 Å². The topological polar surface area (TPSA) is 20.7 Å². The molecule has 2 aromatic carbocycles. The SMILES string of the molecule is CCc1ccc(-c2cn(-c3ccc(Cl)cc3)c(=S)[nH]2)cc1. The molecular weight excluding hydrogens is 300 g/mol. The summed E-state index contributed by atoms with van der Waals surface area (Å²) in [6.07, 6.45) is 3.06. The van der Waals surface area contributed by atoms with E-state index in [1.807, 2.05) is 35.0 Å². The second-order valence-electron chi connectivity index (χ2n) is 4.87. The number of imidazole rings is 1. The molecule has 0 saturated carbocycles. The molecule has 0 bridgehead atoms. The minimum absolute atomic E-state index is 0.673. The third-order valence-corrected chi connectivity index (χ3v) is 4.05. The summed E-state index contributed by atoms with van der Waals surface area (Å²) in [7, 11) is 0. The van der Waals surface area contributed by atoms with Gasteiger partial charge in [0.15, 0.2) is 4.77 Å². The molecule has 0 saturated heterocycles. The van der Waals surface area contributed by atoms with E-state index in [1.165, 1.54) is 5.56 Å². The Balaban J connectivity index is 2.00. The van der Waals surface area contributed by atoms with Crippen LogP contribution in [0.15, 0.2) is 54.7 Å². The first kappa shape index (κ1) is 14.1. The van der Waals surface area contributed by atoms with Crippen LogP contribution in [-0.2, 0) is 6.42 Å². The molecule has 2 nitrogen and oxygen atoms in total. The predicted octanol–water partition coefficient (Wildman–Crippen LogP) is 5.42. The highest BCUT2D eigenvalue weighted by atomic mass is 35.5. The molecule has 0 unspecified atom stereocenters. The van der Waals surface area contributed by atoms with Gasteiger partial charge in [0.1, 0.15) is 0 Å². The van der Waals surface area contributed by atoms with Crippen LogP contribution in [0.5, 0.6) is 0 Å². The second kappa shape index (κ2) is 5.88. The highest BCUT2D eigenvalue weighted by molar-refractivity contribution is 7.71. The Kier molecular flexibility index (Phi) is 3.95. The standard InChI is InChI=1S/C17H15ClN2S/c1-2-12-3-5-13(6-4-12)16-11-20(17(21)19-16)15-9-7-14(18)8-10-15/h3-11H,2H2,1H3,(H,19,21). The number of hydrogen-bond acceptors (Lipinski definition) is 1. The average Bonchev–Trinajstić information content (AvgIpc) is 2.90. The molecule has 4 heteroatoms. The third-order valence-electron chi connectivity index (χ3n) is 3.50. The largest absolute Gasteiger partial charge is 0.330 e. The molecule has 0 spiro atoms. The maximum atomic E-state index is 5.93. The van der Waals surface area contributed by atoms with Gasteiger partial charge in [-0.15, -0.1) is 0 Å². The molecule has 1 N–H and O–H groups in total. The summed E-state index contributed by atoms with van der Waals surface area (Å²) in [5, 5.41) is 0.719. The minimum Gasteiger partial charge on any atom is -0.330 e. The lowest BCUT2D eigenvalue weighted by Gasteiger charge is -2.02. The molecule has 0 fully saturated rings. The Bertz CT molecular complexity index is 798. The van der Waals surface area contributed by atoms with Gasteiger partial charge in [0.25, 0.3) is 0 Å². The van der Waals surface area contributed by atoms with Crippen molar-refractivity contribution in [3.05, 3.63) is 70.1 Å². The van der Waals surface area contributed by atoms with Crippen molar-refractivity contribution in [3.8, 4) is 16.9 Å². The summed E-state index contributed by atoms with van der Waals surface area (Å²) < 4.78 is 2.63. The number of hydrogen-bond donors (Lipinski definition) is 1. The lowest BCUT2D eigenvalue weighted by Crippen LogP contribution is -1.90. The summed E-state index contributed by atoms with van der Waals surface area (Å²) in [6, 6.07) is 16.2. The Morgan fingerprint density at radius 1 is 1.05 bits per heavy atom. The quantitative estimate of drug-likeness (QED) is 0.640. The molecule has 3 aromatic rings. The molecular formula is C17H15ClN2S. The van der Waals surface area contributed by atoms with Crippen LogP contribution >= 0.6 is 23.8 Å². The molecule has 0 atom stereocenters. The average molecular weight is 315 g/mol. The van der Waals surface area contributed by atoms with E-state index in [9.17, 15) is 0 Å². The Morgan fingerprint density at radius 2 is 1.71 bits per heavy atom. The Morgan fingerprint density at radius 3 is 2.33 bits per heavy atom. The first-order valence-electron chi connectivity index (χ1n) is 6.84. The number of nitrogens with zero attached hydrogens (tertiary/aromatic N) is 1. The molecule has 0 radical (unpaired) electrons. The van der Waals surface area contributed by atoms with Crippen LogP contribution in [0.1, 0.15) is 12.5 Å². The summed E-state index contributed by atoms with van der Waals surface area (Å²) in [6.45, 7) is 2.15. The molecule has 106 valence electrons. The van der Waals surface area contributed by atoms with Crippen molar-refractivity contribution >= 4 is 23.8 Å². The number of nitrogens with one attached hydrogen (secondary N) is 1.